The third-order valence-corrected chi connectivity index (χ3v) is 3.70. The first kappa shape index (κ1) is 20.5. The molecular formula is C18H28IN5. The standard InChI is InChI=1S/C18H27N5.HI/c1-15(2)8-10-21-18(19)22-14-17-20-11-13-23(17)12-9-16-6-4-3-5-7-16;/h3-7,11,13,15H,8-10,12,14H2,1-2H3,(H3,19,21,22);1H. The summed E-state index contributed by atoms with van der Waals surface area (Å²) >= 11 is 0. The van der Waals surface area contributed by atoms with E-state index in [9.17, 15) is 0 Å². The Morgan fingerprint density at radius 3 is 2.75 bits per heavy atom. The van der Waals surface area contributed by atoms with Gasteiger partial charge in [0.1, 0.15) is 12.4 Å². The largest absolute Gasteiger partial charge is 0.370 e. The molecule has 0 saturated heterocycles. The van der Waals surface area contributed by atoms with Crippen molar-refractivity contribution < 1.29 is 0 Å². The molecule has 0 aliphatic rings. The third kappa shape index (κ3) is 7.33. The zero-order chi connectivity index (χ0) is 16.5. The van der Waals surface area contributed by atoms with Gasteiger partial charge in [-0.1, -0.05) is 44.2 Å². The van der Waals surface area contributed by atoms with E-state index in [1.165, 1.54) is 5.56 Å². The Balaban J connectivity index is 0.00000288. The van der Waals surface area contributed by atoms with Crippen molar-refractivity contribution in [3.8, 4) is 0 Å². The fourth-order valence-electron chi connectivity index (χ4n) is 2.29. The van der Waals surface area contributed by atoms with E-state index in [2.05, 4.69) is 58.0 Å². The minimum absolute atomic E-state index is 0. The van der Waals surface area contributed by atoms with E-state index in [-0.39, 0.29) is 24.0 Å². The minimum Gasteiger partial charge on any atom is -0.370 e. The molecule has 6 heteroatoms. The maximum Gasteiger partial charge on any atom is 0.189 e. The van der Waals surface area contributed by atoms with Crippen LogP contribution in [0.15, 0.2) is 47.7 Å². The van der Waals surface area contributed by atoms with Crippen molar-refractivity contribution >= 4 is 29.9 Å². The molecule has 0 saturated carbocycles. The van der Waals surface area contributed by atoms with Crippen LogP contribution in [0, 0.1) is 5.92 Å². The highest BCUT2D eigenvalue weighted by molar-refractivity contribution is 14.0. The zero-order valence-corrected chi connectivity index (χ0v) is 16.8. The van der Waals surface area contributed by atoms with Crippen molar-refractivity contribution in [1.29, 1.82) is 0 Å². The SMILES string of the molecule is CC(C)CCNC(N)=NCc1nccn1CCc1ccccc1.I. The van der Waals surface area contributed by atoms with Crippen LogP contribution in [-0.2, 0) is 19.5 Å². The van der Waals surface area contributed by atoms with E-state index >= 15 is 0 Å². The molecule has 2 aromatic rings. The lowest BCUT2D eigenvalue weighted by molar-refractivity contribution is 0.576. The minimum atomic E-state index is 0. The predicted octanol–water partition coefficient (Wildman–Crippen LogP) is 3.19. The lowest BCUT2D eigenvalue weighted by Gasteiger charge is -2.09. The molecular weight excluding hydrogens is 413 g/mol. The van der Waals surface area contributed by atoms with Crippen LogP contribution in [0.4, 0.5) is 0 Å². The molecule has 132 valence electrons. The summed E-state index contributed by atoms with van der Waals surface area (Å²) in [6.45, 7) is 6.64. The molecule has 0 radical (unpaired) electrons. The Labute approximate surface area is 161 Å². The molecule has 5 nitrogen and oxygen atoms in total. The van der Waals surface area contributed by atoms with E-state index in [0.29, 0.717) is 18.4 Å². The summed E-state index contributed by atoms with van der Waals surface area (Å²) < 4.78 is 2.14. The number of nitrogens with two attached hydrogens (primary N) is 1. The third-order valence-electron chi connectivity index (χ3n) is 3.70. The fraction of sp³-hybridized carbons (Fsp3) is 0.444. The van der Waals surface area contributed by atoms with Crippen molar-refractivity contribution in [3.05, 3.63) is 54.1 Å². The summed E-state index contributed by atoms with van der Waals surface area (Å²) in [5.41, 5.74) is 7.22. The first-order chi connectivity index (χ1) is 11.1. The van der Waals surface area contributed by atoms with Gasteiger partial charge in [0.15, 0.2) is 5.96 Å². The first-order valence-electron chi connectivity index (χ1n) is 8.23. The summed E-state index contributed by atoms with van der Waals surface area (Å²) in [4.78, 5) is 8.76. The number of nitrogens with zero attached hydrogens (tertiary/aromatic N) is 3. The topological polar surface area (TPSA) is 68.2 Å². The predicted molar refractivity (Wildman–Crippen MR) is 111 cm³/mol. The van der Waals surface area contributed by atoms with Crippen molar-refractivity contribution in [2.24, 2.45) is 16.6 Å². The molecule has 3 N–H and O–H groups in total. The Morgan fingerprint density at radius 1 is 1.29 bits per heavy atom. The molecule has 24 heavy (non-hydrogen) atoms. The Bertz CT molecular complexity index is 607. The molecule has 1 heterocycles. The van der Waals surface area contributed by atoms with Crippen LogP contribution < -0.4 is 11.1 Å². The summed E-state index contributed by atoms with van der Waals surface area (Å²) in [6, 6.07) is 10.5. The number of hydrogen-bond acceptors (Lipinski definition) is 2. The molecule has 1 aromatic carbocycles. The number of hydrogen-bond donors (Lipinski definition) is 2. The molecule has 2 rings (SSSR count). The summed E-state index contributed by atoms with van der Waals surface area (Å²) in [5, 5.41) is 3.14. The van der Waals surface area contributed by atoms with Gasteiger partial charge in [0.2, 0.25) is 0 Å². The van der Waals surface area contributed by atoms with Gasteiger partial charge in [0.25, 0.3) is 0 Å². The molecule has 0 aliphatic carbocycles. The highest BCUT2D eigenvalue weighted by Crippen LogP contribution is 2.05. The van der Waals surface area contributed by atoms with E-state index in [1.54, 1.807) is 0 Å². The number of aromatic nitrogens is 2. The van der Waals surface area contributed by atoms with Gasteiger partial charge in [-0.15, -0.1) is 24.0 Å². The molecule has 0 aliphatic heterocycles. The lowest BCUT2D eigenvalue weighted by atomic mass is 10.1. The van der Waals surface area contributed by atoms with E-state index in [0.717, 1.165) is 31.8 Å². The number of aliphatic imine (C=N–C) groups is 1. The van der Waals surface area contributed by atoms with Gasteiger partial charge < -0.3 is 15.6 Å². The maximum atomic E-state index is 5.89. The highest BCUT2D eigenvalue weighted by Gasteiger charge is 2.03. The Morgan fingerprint density at radius 2 is 2.04 bits per heavy atom. The van der Waals surface area contributed by atoms with Gasteiger partial charge in [-0.05, 0) is 24.3 Å². The van der Waals surface area contributed by atoms with Gasteiger partial charge in [0, 0.05) is 25.5 Å². The Hall–Kier alpha value is -1.57. The van der Waals surface area contributed by atoms with Gasteiger partial charge in [-0.3, -0.25) is 0 Å². The molecule has 0 bridgehead atoms. The zero-order valence-electron chi connectivity index (χ0n) is 14.5. The first-order valence-corrected chi connectivity index (χ1v) is 8.23. The van der Waals surface area contributed by atoms with Crippen LogP contribution >= 0.6 is 24.0 Å². The molecule has 1 aromatic heterocycles. The van der Waals surface area contributed by atoms with Crippen molar-refractivity contribution in [3.63, 3.8) is 0 Å². The average Bonchev–Trinajstić information content (AvgIpc) is 2.99. The lowest BCUT2D eigenvalue weighted by Crippen LogP contribution is -2.33. The second-order valence-corrected chi connectivity index (χ2v) is 6.08. The summed E-state index contributed by atoms with van der Waals surface area (Å²) in [7, 11) is 0. The van der Waals surface area contributed by atoms with Crippen LogP contribution in [-0.4, -0.2) is 22.1 Å². The van der Waals surface area contributed by atoms with Crippen molar-refractivity contribution in [1.82, 2.24) is 14.9 Å². The van der Waals surface area contributed by atoms with Crippen molar-refractivity contribution in [2.45, 2.75) is 39.8 Å². The van der Waals surface area contributed by atoms with Crippen molar-refractivity contribution in [2.75, 3.05) is 6.54 Å². The van der Waals surface area contributed by atoms with Gasteiger partial charge in [-0.25, -0.2) is 9.98 Å². The van der Waals surface area contributed by atoms with Gasteiger partial charge in [-0.2, -0.15) is 0 Å². The number of nitrogens with one attached hydrogen (secondary N) is 1. The second kappa shape index (κ2) is 11.1. The number of benzene rings is 1. The summed E-state index contributed by atoms with van der Waals surface area (Å²) in [5.74, 6) is 2.09. The summed E-state index contributed by atoms with van der Waals surface area (Å²) in [6.07, 6.45) is 5.88. The molecule has 0 unspecified atom stereocenters. The molecule has 0 fully saturated rings. The smallest absolute Gasteiger partial charge is 0.189 e. The number of guanidine groups is 1. The quantitative estimate of drug-likeness (QED) is 0.376. The molecule has 0 atom stereocenters. The maximum absolute atomic E-state index is 5.89. The number of halogens is 1. The normalized spacial score (nSPS) is 11.4. The van der Waals surface area contributed by atoms with E-state index in [1.807, 2.05) is 18.5 Å². The fourth-order valence-corrected chi connectivity index (χ4v) is 2.29. The van der Waals surface area contributed by atoms with Gasteiger partial charge in [0.05, 0.1) is 0 Å². The van der Waals surface area contributed by atoms with Crippen LogP contribution in [0.25, 0.3) is 0 Å². The molecule has 0 spiro atoms. The molecule has 0 amide bonds. The van der Waals surface area contributed by atoms with Crippen LogP contribution in [0.5, 0.6) is 0 Å². The van der Waals surface area contributed by atoms with Crippen LogP contribution in [0.1, 0.15) is 31.7 Å². The highest BCUT2D eigenvalue weighted by atomic mass is 127. The number of aryl methyl sites for hydroxylation is 2. The van der Waals surface area contributed by atoms with Crippen LogP contribution in [0.3, 0.4) is 0 Å². The number of imidazole rings is 1. The number of rotatable bonds is 8. The second-order valence-electron chi connectivity index (χ2n) is 6.08. The van der Waals surface area contributed by atoms with E-state index in [4.69, 9.17) is 5.73 Å². The van der Waals surface area contributed by atoms with Gasteiger partial charge >= 0.3 is 0 Å². The average molecular weight is 441 g/mol. The Kier molecular flexibility index (Phi) is 9.44. The monoisotopic (exact) mass is 441 g/mol. The van der Waals surface area contributed by atoms with Crippen LogP contribution in [0.2, 0.25) is 0 Å². The van der Waals surface area contributed by atoms with E-state index < -0.39 is 0 Å².